The second-order valence-corrected chi connectivity index (χ2v) is 5.86. The molecule has 0 atom stereocenters. The van der Waals surface area contributed by atoms with E-state index in [9.17, 15) is 4.79 Å². The highest BCUT2D eigenvalue weighted by atomic mass is 16.5. The van der Waals surface area contributed by atoms with Gasteiger partial charge in [-0.2, -0.15) is 0 Å². The predicted molar refractivity (Wildman–Crippen MR) is 93.4 cm³/mol. The van der Waals surface area contributed by atoms with E-state index < -0.39 is 0 Å². The first-order valence-electron chi connectivity index (χ1n) is 8.49. The number of carbonyl (C=O) groups excluding carboxylic acids is 1. The van der Waals surface area contributed by atoms with E-state index in [2.05, 4.69) is 24.8 Å². The Labute approximate surface area is 139 Å². The Morgan fingerprint density at radius 1 is 1.04 bits per heavy atom. The highest BCUT2D eigenvalue weighted by Crippen LogP contribution is 2.27. The van der Waals surface area contributed by atoms with Gasteiger partial charge in [-0.3, -0.25) is 0 Å². The number of unbranched alkanes of at least 4 members (excludes halogenated alkanes) is 3. The van der Waals surface area contributed by atoms with Gasteiger partial charge in [-0.25, -0.2) is 4.79 Å². The second kappa shape index (κ2) is 9.88. The molecule has 0 bridgehead atoms. The largest absolute Gasteiger partial charge is 0.494 e. The highest BCUT2D eigenvalue weighted by Gasteiger charge is 2.07. The maximum absolute atomic E-state index is 10.8. The zero-order chi connectivity index (χ0) is 16.3. The van der Waals surface area contributed by atoms with Gasteiger partial charge in [-0.1, -0.05) is 30.4 Å². The van der Waals surface area contributed by atoms with Crippen molar-refractivity contribution in [2.24, 2.45) is 0 Å². The number of benzene rings is 1. The first kappa shape index (κ1) is 17.3. The summed E-state index contributed by atoms with van der Waals surface area (Å²) >= 11 is 0. The third kappa shape index (κ3) is 6.72. The van der Waals surface area contributed by atoms with Gasteiger partial charge < -0.3 is 9.47 Å². The smallest absolute Gasteiger partial charge is 0.330 e. The number of esters is 1. The van der Waals surface area contributed by atoms with E-state index in [0.29, 0.717) is 6.61 Å². The molecule has 0 radical (unpaired) electrons. The van der Waals surface area contributed by atoms with Crippen LogP contribution in [0, 0.1) is 0 Å². The molecule has 3 nitrogen and oxygen atoms in total. The van der Waals surface area contributed by atoms with Gasteiger partial charge in [-0.15, -0.1) is 0 Å². The summed E-state index contributed by atoms with van der Waals surface area (Å²) in [4.78, 5) is 10.8. The summed E-state index contributed by atoms with van der Waals surface area (Å²) in [6.45, 7) is 4.57. The van der Waals surface area contributed by atoms with Crippen molar-refractivity contribution in [3.8, 4) is 5.75 Å². The number of hydrogen-bond donors (Lipinski definition) is 0. The molecule has 0 aliphatic heterocycles. The van der Waals surface area contributed by atoms with E-state index in [1.807, 2.05) is 12.1 Å². The third-order valence-corrected chi connectivity index (χ3v) is 3.97. The van der Waals surface area contributed by atoms with Crippen molar-refractivity contribution in [1.29, 1.82) is 0 Å². The Morgan fingerprint density at radius 3 is 2.35 bits per heavy atom. The molecule has 0 heterocycles. The van der Waals surface area contributed by atoms with E-state index in [1.165, 1.54) is 30.9 Å². The molecule has 0 N–H and O–H groups in total. The van der Waals surface area contributed by atoms with Gasteiger partial charge in [0, 0.05) is 6.08 Å². The average molecular weight is 314 g/mol. The SMILES string of the molecule is C=CC(=O)OCCCCCCOc1ccc(C=C2CCC2)cc1. The van der Waals surface area contributed by atoms with Gasteiger partial charge in [-0.05, 0) is 62.6 Å². The molecule has 3 heteroatoms. The normalized spacial score (nSPS) is 13.1. The zero-order valence-corrected chi connectivity index (χ0v) is 13.8. The fraction of sp³-hybridized carbons (Fsp3) is 0.450. The fourth-order valence-electron chi connectivity index (χ4n) is 2.40. The monoisotopic (exact) mass is 314 g/mol. The van der Waals surface area contributed by atoms with Gasteiger partial charge in [0.1, 0.15) is 5.75 Å². The van der Waals surface area contributed by atoms with Crippen LogP contribution in [0.25, 0.3) is 6.08 Å². The van der Waals surface area contributed by atoms with E-state index in [-0.39, 0.29) is 5.97 Å². The van der Waals surface area contributed by atoms with Crippen LogP contribution in [-0.2, 0) is 9.53 Å². The number of hydrogen-bond acceptors (Lipinski definition) is 3. The topological polar surface area (TPSA) is 35.5 Å². The lowest BCUT2D eigenvalue weighted by Crippen LogP contribution is -2.02. The van der Waals surface area contributed by atoms with Gasteiger partial charge in [0.05, 0.1) is 13.2 Å². The molecule has 124 valence electrons. The van der Waals surface area contributed by atoms with Gasteiger partial charge >= 0.3 is 5.97 Å². The molecule has 0 amide bonds. The summed E-state index contributed by atoms with van der Waals surface area (Å²) in [5, 5.41) is 0. The van der Waals surface area contributed by atoms with Crippen LogP contribution in [0.1, 0.15) is 50.5 Å². The first-order valence-corrected chi connectivity index (χ1v) is 8.49. The lowest BCUT2D eigenvalue weighted by atomic mass is 9.91. The summed E-state index contributed by atoms with van der Waals surface area (Å²) in [5.41, 5.74) is 2.82. The molecule has 1 aromatic rings. The first-order chi connectivity index (χ1) is 11.3. The Hall–Kier alpha value is -2.03. The lowest BCUT2D eigenvalue weighted by Gasteiger charge is -2.15. The molecule has 1 fully saturated rings. The van der Waals surface area contributed by atoms with E-state index >= 15 is 0 Å². The van der Waals surface area contributed by atoms with Gasteiger partial charge in [0.15, 0.2) is 0 Å². The van der Waals surface area contributed by atoms with Crippen molar-refractivity contribution in [1.82, 2.24) is 0 Å². The van der Waals surface area contributed by atoms with Crippen molar-refractivity contribution in [3.63, 3.8) is 0 Å². The maximum atomic E-state index is 10.8. The molecule has 1 aliphatic carbocycles. The predicted octanol–water partition coefficient (Wildman–Crippen LogP) is 4.92. The second-order valence-electron chi connectivity index (χ2n) is 5.86. The molecule has 1 aliphatic rings. The molecule has 0 saturated heterocycles. The summed E-state index contributed by atoms with van der Waals surface area (Å²) in [7, 11) is 0. The van der Waals surface area contributed by atoms with Crippen molar-refractivity contribution in [2.75, 3.05) is 13.2 Å². The minimum absolute atomic E-state index is 0.343. The van der Waals surface area contributed by atoms with Crippen LogP contribution in [0.5, 0.6) is 5.75 Å². The van der Waals surface area contributed by atoms with Crippen LogP contribution in [0.15, 0.2) is 42.5 Å². The average Bonchev–Trinajstić information content (AvgIpc) is 2.54. The zero-order valence-electron chi connectivity index (χ0n) is 13.8. The molecular weight excluding hydrogens is 288 g/mol. The standard InChI is InChI=1S/C20H26O3/c1-2-20(21)23-15-6-4-3-5-14-22-19-12-10-18(11-13-19)16-17-8-7-9-17/h2,10-13,16H,1,3-9,14-15H2. The quantitative estimate of drug-likeness (QED) is 0.349. The van der Waals surface area contributed by atoms with Crippen LogP contribution in [0.2, 0.25) is 0 Å². The minimum Gasteiger partial charge on any atom is -0.494 e. The van der Waals surface area contributed by atoms with E-state index in [1.54, 1.807) is 5.57 Å². The fourth-order valence-corrected chi connectivity index (χ4v) is 2.40. The number of ether oxygens (including phenoxy) is 2. The summed E-state index contributed by atoms with van der Waals surface area (Å²) < 4.78 is 10.7. The Bertz CT molecular complexity index is 522. The van der Waals surface area contributed by atoms with Crippen molar-refractivity contribution in [3.05, 3.63) is 48.1 Å². The molecule has 0 unspecified atom stereocenters. The molecule has 1 aromatic carbocycles. The van der Waals surface area contributed by atoms with Crippen LogP contribution >= 0.6 is 0 Å². The third-order valence-electron chi connectivity index (χ3n) is 3.97. The summed E-state index contributed by atoms with van der Waals surface area (Å²) in [6.07, 6.45) is 11.4. The summed E-state index contributed by atoms with van der Waals surface area (Å²) in [5.74, 6) is 0.588. The van der Waals surface area contributed by atoms with Crippen LogP contribution < -0.4 is 4.74 Å². The molecule has 23 heavy (non-hydrogen) atoms. The Morgan fingerprint density at radius 2 is 1.74 bits per heavy atom. The van der Waals surface area contributed by atoms with Crippen LogP contribution in [-0.4, -0.2) is 19.2 Å². The molecule has 0 aromatic heterocycles. The van der Waals surface area contributed by atoms with Crippen molar-refractivity contribution >= 4 is 12.0 Å². The summed E-state index contributed by atoms with van der Waals surface area (Å²) in [6, 6.07) is 8.32. The van der Waals surface area contributed by atoms with Crippen molar-refractivity contribution < 1.29 is 14.3 Å². The Kier molecular flexibility index (Phi) is 7.44. The molecule has 1 saturated carbocycles. The molecule has 2 rings (SSSR count). The van der Waals surface area contributed by atoms with Crippen LogP contribution in [0.4, 0.5) is 0 Å². The Balaban J connectivity index is 1.52. The molecular formula is C20H26O3. The van der Waals surface area contributed by atoms with E-state index in [0.717, 1.165) is 38.0 Å². The van der Waals surface area contributed by atoms with Gasteiger partial charge in [0.2, 0.25) is 0 Å². The van der Waals surface area contributed by atoms with Gasteiger partial charge in [0.25, 0.3) is 0 Å². The van der Waals surface area contributed by atoms with E-state index in [4.69, 9.17) is 9.47 Å². The minimum atomic E-state index is -0.343. The number of carbonyl (C=O) groups is 1. The highest BCUT2D eigenvalue weighted by molar-refractivity contribution is 5.81. The molecule has 0 spiro atoms. The van der Waals surface area contributed by atoms with Crippen LogP contribution in [0.3, 0.4) is 0 Å². The van der Waals surface area contributed by atoms with Crippen molar-refractivity contribution in [2.45, 2.75) is 44.9 Å². The lowest BCUT2D eigenvalue weighted by molar-refractivity contribution is -0.137. The maximum Gasteiger partial charge on any atom is 0.330 e. The number of rotatable bonds is 10. The number of allylic oxidation sites excluding steroid dienone is 1.